The van der Waals surface area contributed by atoms with E-state index in [1.807, 2.05) is 18.0 Å². The van der Waals surface area contributed by atoms with Crippen molar-refractivity contribution in [1.29, 1.82) is 0 Å². The van der Waals surface area contributed by atoms with Crippen molar-refractivity contribution in [1.82, 2.24) is 10.2 Å². The minimum atomic E-state index is -0.279. The van der Waals surface area contributed by atoms with Gasteiger partial charge in [-0.15, -0.1) is 24.0 Å². The van der Waals surface area contributed by atoms with Crippen LogP contribution in [0.15, 0.2) is 47.5 Å². The van der Waals surface area contributed by atoms with Gasteiger partial charge < -0.3 is 15.0 Å². The van der Waals surface area contributed by atoms with Crippen molar-refractivity contribution < 1.29 is 13.5 Å². The Morgan fingerprint density at radius 1 is 1.15 bits per heavy atom. The third kappa shape index (κ3) is 6.53. The molecule has 2 aromatic carbocycles. The fraction of sp³-hybridized carbons (Fsp3) is 0.316. The number of rotatable bonds is 6. The number of guanidine groups is 1. The normalized spacial score (nSPS) is 11.0. The van der Waals surface area contributed by atoms with Gasteiger partial charge in [0.2, 0.25) is 0 Å². The molecule has 0 amide bonds. The smallest absolute Gasteiger partial charge is 0.193 e. The van der Waals surface area contributed by atoms with Crippen LogP contribution in [0.5, 0.6) is 0 Å². The summed E-state index contributed by atoms with van der Waals surface area (Å²) in [5.41, 5.74) is 2.30. The predicted molar refractivity (Wildman–Crippen MR) is 111 cm³/mol. The molecule has 0 aliphatic rings. The number of hydrogen-bond acceptors (Lipinski definition) is 2. The van der Waals surface area contributed by atoms with Crippen LogP contribution in [0.1, 0.15) is 16.7 Å². The van der Waals surface area contributed by atoms with E-state index in [2.05, 4.69) is 10.3 Å². The largest absolute Gasteiger partial charge is 0.380 e. The molecule has 142 valence electrons. The molecule has 0 heterocycles. The summed E-state index contributed by atoms with van der Waals surface area (Å²) in [5, 5.41) is 3.23. The molecule has 0 atom stereocenters. The summed E-state index contributed by atoms with van der Waals surface area (Å²) in [6, 6.07) is 11.4. The molecule has 0 unspecified atom stereocenters. The molecule has 26 heavy (non-hydrogen) atoms. The lowest BCUT2D eigenvalue weighted by Gasteiger charge is -2.22. The average Bonchev–Trinajstić information content (AvgIpc) is 2.58. The molecule has 0 saturated heterocycles. The molecule has 0 spiro atoms. The lowest BCUT2D eigenvalue weighted by molar-refractivity contribution is 0.181. The summed E-state index contributed by atoms with van der Waals surface area (Å²) in [6.07, 6.45) is 0. The first kappa shape index (κ1) is 22.3. The Morgan fingerprint density at radius 3 is 2.58 bits per heavy atom. The van der Waals surface area contributed by atoms with Gasteiger partial charge in [0, 0.05) is 39.9 Å². The minimum absolute atomic E-state index is 0. The van der Waals surface area contributed by atoms with Crippen LogP contribution in [0.4, 0.5) is 8.78 Å². The highest BCUT2D eigenvalue weighted by molar-refractivity contribution is 14.0. The monoisotopic (exact) mass is 475 g/mol. The molecule has 0 aliphatic heterocycles. The van der Waals surface area contributed by atoms with Gasteiger partial charge in [0.25, 0.3) is 0 Å². The quantitative estimate of drug-likeness (QED) is 0.391. The Hall–Kier alpha value is -1.74. The highest BCUT2D eigenvalue weighted by Crippen LogP contribution is 2.12. The Bertz CT molecular complexity index is 740. The van der Waals surface area contributed by atoms with E-state index in [9.17, 15) is 8.78 Å². The van der Waals surface area contributed by atoms with Gasteiger partial charge in [0.05, 0.1) is 6.61 Å². The molecular formula is C19H24F2IN3O. The van der Waals surface area contributed by atoms with Crippen LogP contribution in [-0.4, -0.2) is 32.1 Å². The first-order chi connectivity index (χ1) is 12.0. The van der Waals surface area contributed by atoms with Gasteiger partial charge in [-0.2, -0.15) is 0 Å². The summed E-state index contributed by atoms with van der Waals surface area (Å²) in [4.78, 5) is 6.13. The predicted octanol–water partition coefficient (Wildman–Crippen LogP) is 3.94. The van der Waals surface area contributed by atoms with Crippen molar-refractivity contribution in [2.75, 3.05) is 21.2 Å². The van der Waals surface area contributed by atoms with E-state index in [4.69, 9.17) is 4.74 Å². The van der Waals surface area contributed by atoms with E-state index in [-0.39, 0.29) is 42.2 Å². The van der Waals surface area contributed by atoms with E-state index < -0.39 is 0 Å². The molecule has 2 aromatic rings. The molecule has 0 aromatic heterocycles. The third-order valence-electron chi connectivity index (χ3n) is 3.74. The fourth-order valence-electron chi connectivity index (χ4n) is 2.55. The molecular weight excluding hydrogens is 451 g/mol. The second-order valence-electron chi connectivity index (χ2n) is 5.75. The van der Waals surface area contributed by atoms with E-state index >= 15 is 0 Å². The lowest BCUT2D eigenvalue weighted by atomic mass is 10.1. The Labute approximate surface area is 170 Å². The van der Waals surface area contributed by atoms with Gasteiger partial charge in [0.1, 0.15) is 11.6 Å². The molecule has 0 radical (unpaired) electrons. The molecule has 0 fully saturated rings. The van der Waals surface area contributed by atoms with Crippen LogP contribution < -0.4 is 5.32 Å². The standard InChI is InChI=1S/C19H23F2N3O.HI/c1-22-19(24(2)12-15-5-4-6-17(20)10-15)23-11-14-7-8-18(21)16(9-14)13-25-3;/h4-10H,11-13H2,1-3H3,(H,22,23);1H. The van der Waals surface area contributed by atoms with Gasteiger partial charge in [-0.25, -0.2) is 8.78 Å². The first-order valence-electron chi connectivity index (χ1n) is 7.96. The Morgan fingerprint density at radius 2 is 1.92 bits per heavy atom. The van der Waals surface area contributed by atoms with Crippen molar-refractivity contribution in [3.63, 3.8) is 0 Å². The number of ether oxygens (including phenoxy) is 1. The molecule has 0 aliphatic carbocycles. The fourth-order valence-corrected chi connectivity index (χ4v) is 2.55. The van der Waals surface area contributed by atoms with Crippen molar-refractivity contribution in [3.8, 4) is 0 Å². The maximum absolute atomic E-state index is 13.7. The summed E-state index contributed by atoms with van der Waals surface area (Å²) >= 11 is 0. The summed E-state index contributed by atoms with van der Waals surface area (Å²) in [6.45, 7) is 1.25. The van der Waals surface area contributed by atoms with Crippen LogP contribution in [0, 0.1) is 11.6 Å². The minimum Gasteiger partial charge on any atom is -0.380 e. The molecule has 1 N–H and O–H groups in total. The first-order valence-corrected chi connectivity index (χ1v) is 7.96. The zero-order valence-corrected chi connectivity index (χ0v) is 17.5. The SMILES string of the molecule is CN=C(NCc1ccc(F)c(COC)c1)N(C)Cc1cccc(F)c1.I. The number of hydrogen-bond donors (Lipinski definition) is 1. The second kappa shape index (κ2) is 11.1. The van der Waals surface area contributed by atoms with Crippen molar-refractivity contribution >= 4 is 29.9 Å². The summed E-state index contributed by atoms with van der Waals surface area (Å²) in [7, 11) is 5.10. The van der Waals surface area contributed by atoms with Gasteiger partial charge in [-0.05, 0) is 35.4 Å². The average molecular weight is 475 g/mol. The zero-order valence-electron chi connectivity index (χ0n) is 15.1. The highest BCUT2D eigenvalue weighted by Gasteiger charge is 2.08. The lowest BCUT2D eigenvalue weighted by Crippen LogP contribution is -2.38. The van der Waals surface area contributed by atoms with Crippen molar-refractivity contribution in [3.05, 3.63) is 70.8 Å². The van der Waals surface area contributed by atoms with Crippen LogP contribution in [-0.2, 0) is 24.4 Å². The number of nitrogens with one attached hydrogen (secondary N) is 1. The Kier molecular flexibility index (Phi) is 9.50. The van der Waals surface area contributed by atoms with Gasteiger partial charge >= 0.3 is 0 Å². The number of aliphatic imine (C=N–C) groups is 1. The molecule has 7 heteroatoms. The number of methoxy groups -OCH3 is 1. The topological polar surface area (TPSA) is 36.9 Å². The zero-order chi connectivity index (χ0) is 18.2. The van der Waals surface area contributed by atoms with E-state index in [0.29, 0.717) is 24.6 Å². The van der Waals surface area contributed by atoms with E-state index in [0.717, 1.165) is 11.1 Å². The molecule has 0 saturated carbocycles. The van der Waals surface area contributed by atoms with Gasteiger partial charge in [0.15, 0.2) is 5.96 Å². The van der Waals surface area contributed by atoms with E-state index in [1.54, 1.807) is 25.2 Å². The molecule has 0 bridgehead atoms. The van der Waals surface area contributed by atoms with Crippen LogP contribution in [0.3, 0.4) is 0 Å². The van der Waals surface area contributed by atoms with Gasteiger partial charge in [-0.3, -0.25) is 4.99 Å². The van der Waals surface area contributed by atoms with Gasteiger partial charge in [-0.1, -0.05) is 18.2 Å². The summed E-state index contributed by atoms with van der Waals surface area (Å²) < 4.78 is 32.0. The Balaban J connectivity index is 0.00000338. The van der Waals surface area contributed by atoms with E-state index in [1.165, 1.54) is 25.3 Å². The molecule has 4 nitrogen and oxygen atoms in total. The number of halogens is 3. The molecule has 2 rings (SSSR count). The third-order valence-corrected chi connectivity index (χ3v) is 3.74. The highest BCUT2D eigenvalue weighted by atomic mass is 127. The number of benzene rings is 2. The maximum atomic E-state index is 13.7. The maximum Gasteiger partial charge on any atom is 0.193 e. The van der Waals surface area contributed by atoms with Crippen molar-refractivity contribution in [2.24, 2.45) is 4.99 Å². The second-order valence-corrected chi connectivity index (χ2v) is 5.75. The van der Waals surface area contributed by atoms with Crippen LogP contribution in [0.25, 0.3) is 0 Å². The van der Waals surface area contributed by atoms with Crippen molar-refractivity contribution in [2.45, 2.75) is 19.7 Å². The summed E-state index contributed by atoms with van der Waals surface area (Å²) in [5.74, 6) is 0.130. The van der Waals surface area contributed by atoms with Crippen LogP contribution >= 0.6 is 24.0 Å². The van der Waals surface area contributed by atoms with Crippen LogP contribution in [0.2, 0.25) is 0 Å². The number of nitrogens with zero attached hydrogens (tertiary/aromatic N) is 2.